The van der Waals surface area contributed by atoms with E-state index in [4.69, 9.17) is 0 Å². The Labute approximate surface area is 161 Å². The lowest BCUT2D eigenvalue weighted by atomic mass is 9.60. The molecule has 6 heteroatoms. The predicted molar refractivity (Wildman–Crippen MR) is 103 cm³/mol. The van der Waals surface area contributed by atoms with E-state index in [1.807, 2.05) is 28.1 Å². The Balaban J connectivity index is 1.54. The Morgan fingerprint density at radius 1 is 1.15 bits per heavy atom. The third kappa shape index (κ3) is 2.94. The molecule has 3 saturated heterocycles. The van der Waals surface area contributed by atoms with Crippen molar-refractivity contribution >= 4 is 11.8 Å². The smallest absolute Gasteiger partial charge is 0.231 e. The molecule has 0 aromatic carbocycles. The second-order valence-corrected chi connectivity index (χ2v) is 8.47. The molecule has 2 amide bonds. The van der Waals surface area contributed by atoms with Gasteiger partial charge in [0.05, 0.1) is 11.1 Å². The van der Waals surface area contributed by atoms with Gasteiger partial charge in [0, 0.05) is 51.3 Å². The summed E-state index contributed by atoms with van der Waals surface area (Å²) in [6, 6.07) is 6.04. The number of nitrogens with zero attached hydrogens (tertiary/aromatic N) is 4. The van der Waals surface area contributed by atoms with Crippen LogP contribution in [0.25, 0.3) is 0 Å². The third-order valence-electron chi connectivity index (χ3n) is 7.23. The lowest BCUT2D eigenvalue weighted by Crippen LogP contribution is -2.52. The van der Waals surface area contributed by atoms with Crippen molar-refractivity contribution in [2.75, 3.05) is 39.3 Å². The Morgan fingerprint density at radius 3 is 2.52 bits per heavy atom. The largest absolute Gasteiger partial charge is 0.342 e. The average molecular weight is 370 g/mol. The average Bonchev–Trinajstić information content (AvgIpc) is 3.17. The Bertz CT molecular complexity index is 714. The van der Waals surface area contributed by atoms with Crippen molar-refractivity contribution in [3.8, 4) is 0 Å². The molecule has 6 nitrogen and oxygen atoms in total. The Kier molecular flexibility index (Phi) is 4.70. The molecule has 0 radical (unpaired) electrons. The summed E-state index contributed by atoms with van der Waals surface area (Å²) < 4.78 is 0. The molecule has 0 aliphatic carbocycles. The summed E-state index contributed by atoms with van der Waals surface area (Å²) in [5, 5.41) is 0. The number of rotatable bonds is 3. The van der Waals surface area contributed by atoms with Gasteiger partial charge in [0.2, 0.25) is 11.8 Å². The van der Waals surface area contributed by atoms with Gasteiger partial charge in [0.25, 0.3) is 0 Å². The molecule has 0 bridgehead atoms. The highest BCUT2D eigenvalue weighted by atomic mass is 16.2. The summed E-state index contributed by atoms with van der Waals surface area (Å²) in [6.07, 6.45) is 4.69. The fourth-order valence-electron chi connectivity index (χ4n) is 5.56. The minimum atomic E-state index is -0.369. The summed E-state index contributed by atoms with van der Waals surface area (Å²) >= 11 is 0. The van der Waals surface area contributed by atoms with Gasteiger partial charge >= 0.3 is 0 Å². The van der Waals surface area contributed by atoms with Crippen LogP contribution in [0.1, 0.15) is 38.8 Å². The van der Waals surface area contributed by atoms with Crippen LogP contribution in [0.3, 0.4) is 0 Å². The number of piperidine rings is 1. The monoisotopic (exact) mass is 370 g/mol. The maximum atomic E-state index is 13.3. The van der Waals surface area contributed by atoms with Crippen molar-refractivity contribution in [1.29, 1.82) is 0 Å². The summed E-state index contributed by atoms with van der Waals surface area (Å²) in [4.78, 5) is 36.3. The van der Waals surface area contributed by atoms with Crippen LogP contribution in [0.5, 0.6) is 0 Å². The number of likely N-dealkylation sites (tertiary alicyclic amines) is 3. The van der Waals surface area contributed by atoms with E-state index >= 15 is 0 Å². The fourth-order valence-corrected chi connectivity index (χ4v) is 5.56. The molecule has 3 aliphatic rings. The molecule has 4 rings (SSSR count). The SMILES string of the molecule is CCN1CC[C@@]2(CN(C(C)=O)CC23CCN(Cc2ccccn2)CC3)C1=O. The summed E-state index contributed by atoms with van der Waals surface area (Å²) in [6.45, 7) is 9.42. The van der Waals surface area contributed by atoms with Crippen molar-refractivity contribution in [3.63, 3.8) is 0 Å². The van der Waals surface area contributed by atoms with Crippen LogP contribution in [0.2, 0.25) is 0 Å². The first-order valence-electron chi connectivity index (χ1n) is 10.2. The maximum absolute atomic E-state index is 13.3. The molecule has 1 aromatic heterocycles. The van der Waals surface area contributed by atoms with Crippen molar-refractivity contribution in [2.45, 2.75) is 39.7 Å². The van der Waals surface area contributed by atoms with E-state index in [9.17, 15) is 9.59 Å². The molecule has 0 unspecified atom stereocenters. The van der Waals surface area contributed by atoms with Crippen LogP contribution in [0, 0.1) is 10.8 Å². The molecule has 27 heavy (non-hydrogen) atoms. The Hall–Kier alpha value is -1.95. The zero-order valence-corrected chi connectivity index (χ0v) is 16.5. The van der Waals surface area contributed by atoms with Gasteiger partial charge in [-0.2, -0.15) is 0 Å². The lowest BCUT2D eigenvalue weighted by Gasteiger charge is -2.46. The van der Waals surface area contributed by atoms with E-state index in [0.29, 0.717) is 6.54 Å². The quantitative estimate of drug-likeness (QED) is 0.814. The van der Waals surface area contributed by atoms with Crippen LogP contribution in [0.15, 0.2) is 24.4 Å². The first-order chi connectivity index (χ1) is 13.0. The van der Waals surface area contributed by atoms with Gasteiger partial charge in [-0.1, -0.05) is 6.07 Å². The molecular formula is C21H30N4O2. The fraction of sp³-hybridized carbons (Fsp3) is 0.667. The van der Waals surface area contributed by atoms with Gasteiger partial charge in [-0.25, -0.2) is 0 Å². The first-order valence-corrected chi connectivity index (χ1v) is 10.2. The second-order valence-electron chi connectivity index (χ2n) is 8.47. The predicted octanol–water partition coefficient (Wildman–Crippen LogP) is 1.76. The van der Waals surface area contributed by atoms with Gasteiger partial charge in [-0.15, -0.1) is 0 Å². The molecule has 3 fully saturated rings. The van der Waals surface area contributed by atoms with Gasteiger partial charge in [0.1, 0.15) is 0 Å². The van der Waals surface area contributed by atoms with Crippen molar-refractivity contribution in [1.82, 2.24) is 19.7 Å². The zero-order chi connectivity index (χ0) is 19.1. The van der Waals surface area contributed by atoms with E-state index in [1.54, 1.807) is 6.92 Å². The highest BCUT2D eigenvalue weighted by Gasteiger charge is 2.65. The molecular weight excluding hydrogens is 340 g/mol. The highest BCUT2D eigenvalue weighted by molar-refractivity contribution is 5.88. The molecule has 146 valence electrons. The van der Waals surface area contributed by atoms with Gasteiger partial charge in [-0.3, -0.25) is 19.5 Å². The van der Waals surface area contributed by atoms with E-state index in [-0.39, 0.29) is 22.6 Å². The standard InChI is InChI=1S/C21H30N4O2/c1-3-24-13-9-21(19(24)27)16-25(17(2)26)15-20(21)7-11-23(12-8-20)14-18-6-4-5-10-22-18/h4-6,10H,3,7-9,11-16H2,1-2H3/t21-/m1/s1. The maximum Gasteiger partial charge on any atom is 0.231 e. The number of carbonyl (C=O) groups excluding carboxylic acids is 2. The van der Waals surface area contributed by atoms with Crippen molar-refractivity contribution in [2.24, 2.45) is 10.8 Å². The summed E-state index contributed by atoms with van der Waals surface area (Å²) in [7, 11) is 0. The molecule has 3 aliphatic heterocycles. The number of amides is 2. The number of fused-ring (bicyclic) bond motifs is 1. The second kappa shape index (κ2) is 6.89. The topological polar surface area (TPSA) is 56.8 Å². The molecule has 0 saturated carbocycles. The number of aromatic nitrogens is 1. The number of hydrogen-bond acceptors (Lipinski definition) is 4. The van der Waals surface area contributed by atoms with Crippen LogP contribution in [0.4, 0.5) is 0 Å². The summed E-state index contributed by atoms with van der Waals surface area (Å²) in [5.41, 5.74) is 0.653. The number of hydrogen-bond donors (Lipinski definition) is 0. The minimum absolute atomic E-state index is 0.0692. The first kappa shape index (κ1) is 18.4. The van der Waals surface area contributed by atoms with Crippen LogP contribution in [-0.4, -0.2) is 70.8 Å². The lowest BCUT2D eigenvalue weighted by molar-refractivity contribution is -0.142. The molecule has 4 heterocycles. The van der Waals surface area contributed by atoms with E-state index in [1.165, 1.54) is 0 Å². The van der Waals surface area contributed by atoms with E-state index in [0.717, 1.165) is 64.2 Å². The van der Waals surface area contributed by atoms with Gasteiger partial charge < -0.3 is 9.80 Å². The van der Waals surface area contributed by atoms with E-state index < -0.39 is 0 Å². The highest BCUT2D eigenvalue weighted by Crippen LogP contribution is 2.57. The van der Waals surface area contributed by atoms with Crippen molar-refractivity contribution < 1.29 is 9.59 Å². The van der Waals surface area contributed by atoms with Crippen LogP contribution >= 0.6 is 0 Å². The van der Waals surface area contributed by atoms with Gasteiger partial charge in [0.15, 0.2) is 0 Å². The van der Waals surface area contributed by atoms with Crippen LogP contribution in [-0.2, 0) is 16.1 Å². The molecule has 0 N–H and O–H groups in total. The minimum Gasteiger partial charge on any atom is -0.342 e. The molecule has 2 spiro atoms. The zero-order valence-electron chi connectivity index (χ0n) is 16.5. The van der Waals surface area contributed by atoms with E-state index in [2.05, 4.69) is 22.9 Å². The number of carbonyl (C=O) groups is 2. The Morgan fingerprint density at radius 2 is 1.93 bits per heavy atom. The normalized spacial score (nSPS) is 27.9. The van der Waals surface area contributed by atoms with Crippen molar-refractivity contribution in [3.05, 3.63) is 30.1 Å². The van der Waals surface area contributed by atoms with Gasteiger partial charge in [-0.05, 0) is 51.4 Å². The van der Waals surface area contributed by atoms with Crippen LogP contribution < -0.4 is 0 Å². The third-order valence-corrected chi connectivity index (χ3v) is 7.23. The molecule has 1 aromatic rings. The molecule has 1 atom stereocenters. The summed E-state index contributed by atoms with van der Waals surface area (Å²) in [5.74, 6) is 0.386. The number of pyridine rings is 1.